The highest BCUT2D eigenvalue weighted by molar-refractivity contribution is 5.21. The van der Waals surface area contributed by atoms with E-state index in [9.17, 15) is 0 Å². The number of rotatable bonds is 6. The minimum Gasteiger partial charge on any atom is -0.348 e. The molecule has 1 aromatic heterocycles. The Morgan fingerprint density at radius 3 is 2.78 bits per heavy atom. The Labute approximate surface area is 108 Å². The third-order valence-corrected chi connectivity index (χ3v) is 3.57. The number of imidazole rings is 1. The van der Waals surface area contributed by atoms with Crippen molar-refractivity contribution in [1.29, 1.82) is 0 Å². The van der Waals surface area contributed by atoms with Crippen LogP contribution in [0.3, 0.4) is 0 Å². The molecule has 94 valence electrons. The quantitative estimate of drug-likeness (QED) is 0.816. The van der Waals surface area contributed by atoms with Gasteiger partial charge >= 0.3 is 0 Å². The predicted molar refractivity (Wildman–Crippen MR) is 72.2 cm³/mol. The molecule has 0 aliphatic heterocycles. The highest BCUT2D eigenvalue weighted by Crippen LogP contribution is 2.40. The van der Waals surface area contributed by atoms with Crippen LogP contribution in [0.5, 0.6) is 0 Å². The lowest BCUT2D eigenvalue weighted by molar-refractivity contribution is 0.483. The van der Waals surface area contributed by atoms with E-state index in [2.05, 4.69) is 45.6 Å². The molecule has 0 spiro atoms. The molecule has 2 N–H and O–H groups in total. The summed E-state index contributed by atoms with van der Waals surface area (Å²) < 4.78 is 0. The zero-order valence-corrected chi connectivity index (χ0v) is 10.5. The topological polar surface area (TPSA) is 40.7 Å². The van der Waals surface area contributed by atoms with Gasteiger partial charge in [0.1, 0.15) is 0 Å². The summed E-state index contributed by atoms with van der Waals surface area (Å²) in [5, 5.41) is 3.69. The molecule has 3 heteroatoms. The molecule has 2 aromatic rings. The van der Waals surface area contributed by atoms with E-state index in [1.165, 1.54) is 24.1 Å². The van der Waals surface area contributed by atoms with Crippen LogP contribution >= 0.6 is 0 Å². The van der Waals surface area contributed by atoms with Gasteiger partial charge < -0.3 is 10.3 Å². The molecular weight excluding hydrogens is 222 g/mol. The highest BCUT2D eigenvalue weighted by Gasteiger charge is 2.31. The lowest BCUT2D eigenvalue weighted by Gasteiger charge is -2.18. The third kappa shape index (κ3) is 2.79. The minimum absolute atomic E-state index is 0.522. The van der Waals surface area contributed by atoms with E-state index in [1.807, 2.05) is 6.20 Å². The predicted octanol–water partition coefficient (Wildman–Crippen LogP) is 2.69. The maximum absolute atomic E-state index is 4.04. The summed E-state index contributed by atoms with van der Waals surface area (Å²) in [5.41, 5.74) is 2.62. The average molecular weight is 241 g/mol. The monoisotopic (exact) mass is 241 g/mol. The summed E-state index contributed by atoms with van der Waals surface area (Å²) >= 11 is 0. The van der Waals surface area contributed by atoms with Crippen LogP contribution in [0.4, 0.5) is 0 Å². The van der Waals surface area contributed by atoms with E-state index in [0.29, 0.717) is 6.04 Å². The molecule has 1 heterocycles. The summed E-state index contributed by atoms with van der Waals surface area (Å²) in [6.45, 7) is 0.998. The fraction of sp³-hybridized carbons (Fsp3) is 0.400. The second-order valence-electron chi connectivity index (χ2n) is 5.01. The van der Waals surface area contributed by atoms with Crippen LogP contribution in [-0.4, -0.2) is 16.5 Å². The maximum atomic E-state index is 4.04. The van der Waals surface area contributed by atoms with Crippen molar-refractivity contribution in [3.63, 3.8) is 0 Å². The summed E-state index contributed by atoms with van der Waals surface area (Å²) in [5.74, 6) is 0.828. The maximum Gasteiger partial charge on any atom is 0.0921 e. The first-order valence-corrected chi connectivity index (χ1v) is 6.69. The first-order valence-electron chi connectivity index (χ1n) is 6.69. The Balaban J connectivity index is 1.58. The van der Waals surface area contributed by atoms with Crippen LogP contribution in [0, 0.1) is 5.92 Å². The van der Waals surface area contributed by atoms with E-state index in [4.69, 9.17) is 0 Å². The van der Waals surface area contributed by atoms with Crippen molar-refractivity contribution < 1.29 is 0 Å². The van der Waals surface area contributed by atoms with Gasteiger partial charge in [-0.15, -0.1) is 0 Å². The zero-order valence-electron chi connectivity index (χ0n) is 10.5. The largest absolute Gasteiger partial charge is 0.348 e. The average Bonchev–Trinajstić information content (AvgIpc) is 3.12. The summed E-state index contributed by atoms with van der Waals surface area (Å²) in [6.07, 6.45) is 7.37. The number of hydrogen-bond donors (Lipinski definition) is 2. The number of aromatic nitrogens is 2. The molecule has 1 aliphatic carbocycles. The van der Waals surface area contributed by atoms with E-state index in [0.717, 1.165) is 18.9 Å². The van der Waals surface area contributed by atoms with Crippen molar-refractivity contribution in [2.75, 3.05) is 6.54 Å². The van der Waals surface area contributed by atoms with Crippen molar-refractivity contribution in [2.24, 2.45) is 5.92 Å². The molecule has 1 atom stereocenters. The van der Waals surface area contributed by atoms with Gasteiger partial charge in [0.15, 0.2) is 0 Å². The number of hydrogen-bond acceptors (Lipinski definition) is 2. The highest BCUT2D eigenvalue weighted by atomic mass is 14.9. The van der Waals surface area contributed by atoms with E-state index < -0.39 is 0 Å². The number of aromatic amines is 1. The van der Waals surface area contributed by atoms with E-state index in [-0.39, 0.29) is 0 Å². The van der Waals surface area contributed by atoms with Gasteiger partial charge in [-0.2, -0.15) is 0 Å². The van der Waals surface area contributed by atoms with Gasteiger partial charge in [0.2, 0.25) is 0 Å². The molecular formula is C15H19N3. The van der Waals surface area contributed by atoms with Crippen LogP contribution in [0.1, 0.15) is 30.1 Å². The fourth-order valence-electron chi connectivity index (χ4n) is 2.43. The Hall–Kier alpha value is -1.61. The summed E-state index contributed by atoms with van der Waals surface area (Å²) in [7, 11) is 0. The Bertz CT molecular complexity index is 460. The SMILES string of the molecule is c1ccc(C(NCCc2cnc[nH]2)C2CC2)cc1. The van der Waals surface area contributed by atoms with Crippen LogP contribution in [-0.2, 0) is 6.42 Å². The van der Waals surface area contributed by atoms with Crippen molar-refractivity contribution in [3.8, 4) is 0 Å². The Kier molecular flexibility index (Phi) is 3.42. The van der Waals surface area contributed by atoms with Gasteiger partial charge in [-0.25, -0.2) is 4.98 Å². The van der Waals surface area contributed by atoms with E-state index in [1.54, 1.807) is 6.33 Å². The van der Waals surface area contributed by atoms with Gasteiger partial charge in [0.05, 0.1) is 6.33 Å². The molecule has 3 rings (SSSR count). The fourth-order valence-corrected chi connectivity index (χ4v) is 2.43. The van der Waals surface area contributed by atoms with Crippen LogP contribution in [0.15, 0.2) is 42.9 Å². The number of H-pyrrole nitrogens is 1. The molecule has 1 saturated carbocycles. The van der Waals surface area contributed by atoms with Crippen LogP contribution in [0.2, 0.25) is 0 Å². The zero-order chi connectivity index (χ0) is 12.2. The molecule has 0 saturated heterocycles. The first-order chi connectivity index (χ1) is 8.93. The lowest BCUT2D eigenvalue weighted by atomic mass is 10.0. The Morgan fingerprint density at radius 1 is 1.28 bits per heavy atom. The van der Waals surface area contributed by atoms with Gasteiger partial charge in [-0.05, 0) is 24.3 Å². The Morgan fingerprint density at radius 2 is 2.11 bits per heavy atom. The third-order valence-electron chi connectivity index (χ3n) is 3.57. The molecule has 0 bridgehead atoms. The lowest BCUT2D eigenvalue weighted by Crippen LogP contribution is -2.25. The van der Waals surface area contributed by atoms with Crippen LogP contribution in [0.25, 0.3) is 0 Å². The molecule has 18 heavy (non-hydrogen) atoms. The molecule has 0 amide bonds. The number of nitrogens with one attached hydrogen (secondary N) is 2. The standard InChI is InChI=1S/C15H19N3/c1-2-4-12(5-3-1)15(13-6-7-13)17-9-8-14-10-16-11-18-14/h1-5,10-11,13,15,17H,6-9H2,(H,16,18). The van der Waals surface area contributed by atoms with Crippen molar-refractivity contribution in [3.05, 3.63) is 54.1 Å². The number of nitrogens with zero attached hydrogens (tertiary/aromatic N) is 1. The molecule has 1 unspecified atom stereocenters. The number of benzene rings is 1. The van der Waals surface area contributed by atoms with Crippen molar-refractivity contribution >= 4 is 0 Å². The second kappa shape index (κ2) is 5.36. The normalized spacial score (nSPS) is 16.7. The van der Waals surface area contributed by atoms with Gasteiger partial charge in [-0.3, -0.25) is 0 Å². The molecule has 1 aliphatic rings. The molecule has 1 aromatic carbocycles. The smallest absolute Gasteiger partial charge is 0.0921 e. The van der Waals surface area contributed by atoms with E-state index >= 15 is 0 Å². The molecule has 3 nitrogen and oxygen atoms in total. The molecule has 0 radical (unpaired) electrons. The summed E-state index contributed by atoms with van der Waals surface area (Å²) in [6, 6.07) is 11.3. The van der Waals surface area contributed by atoms with Gasteiger partial charge in [-0.1, -0.05) is 30.3 Å². The van der Waals surface area contributed by atoms with Crippen molar-refractivity contribution in [1.82, 2.24) is 15.3 Å². The van der Waals surface area contributed by atoms with Gasteiger partial charge in [0, 0.05) is 30.9 Å². The van der Waals surface area contributed by atoms with Crippen LogP contribution < -0.4 is 5.32 Å². The molecule has 1 fully saturated rings. The van der Waals surface area contributed by atoms with Crippen molar-refractivity contribution in [2.45, 2.75) is 25.3 Å². The first kappa shape index (κ1) is 11.5. The van der Waals surface area contributed by atoms with Gasteiger partial charge in [0.25, 0.3) is 0 Å². The second-order valence-corrected chi connectivity index (χ2v) is 5.01. The summed E-state index contributed by atoms with van der Waals surface area (Å²) in [4.78, 5) is 7.19. The minimum atomic E-state index is 0.522.